The van der Waals surface area contributed by atoms with Crippen LogP contribution in [0.15, 0.2) is 53.4 Å². The molecule has 0 unspecified atom stereocenters. The smallest absolute Gasteiger partial charge is 0.397 e. The predicted molar refractivity (Wildman–Crippen MR) is 120 cm³/mol. The quantitative estimate of drug-likeness (QED) is 0.274. The Hall–Kier alpha value is -4.25. The first-order chi connectivity index (χ1) is 16.8. The second-order valence-electron chi connectivity index (χ2n) is 7.72. The summed E-state index contributed by atoms with van der Waals surface area (Å²) in [5.41, 5.74) is 2.00. The van der Waals surface area contributed by atoms with Crippen molar-refractivity contribution in [2.75, 3.05) is 18.1 Å². The standard InChI is InChI=1S/C23H15F3N4O5S/c1-30(33)36(34,35)17-9-16(29-12-7-6-11(10-27)15(8-12)23(24,25)26)18-19(20(17)28)22(32)14-5-3-2-4-13(14)21(18)31/h2-9,29,33H,28H2,1H3. The molecule has 36 heavy (non-hydrogen) atoms. The summed E-state index contributed by atoms with van der Waals surface area (Å²) >= 11 is 0. The molecule has 184 valence electrons. The molecule has 3 aromatic rings. The summed E-state index contributed by atoms with van der Waals surface area (Å²) < 4.78 is 65.7. The van der Waals surface area contributed by atoms with Crippen LogP contribution in [0.25, 0.3) is 0 Å². The van der Waals surface area contributed by atoms with Crippen molar-refractivity contribution in [3.8, 4) is 6.07 Å². The number of carbonyl (C=O) groups excluding carboxylic acids is 2. The maximum atomic E-state index is 13.5. The third-order valence-corrected chi connectivity index (χ3v) is 7.14. The SMILES string of the molecule is CN(O)S(=O)(=O)c1cc(Nc2ccc(C#N)c(C(F)(F)F)c2)c2c(c1N)C(=O)c1ccccc1C2=O. The van der Waals surface area contributed by atoms with Crippen LogP contribution in [-0.2, 0) is 16.2 Å². The maximum absolute atomic E-state index is 13.5. The van der Waals surface area contributed by atoms with E-state index in [1.807, 2.05) is 0 Å². The highest BCUT2D eigenvalue weighted by molar-refractivity contribution is 7.89. The summed E-state index contributed by atoms with van der Waals surface area (Å²) in [6.45, 7) is 0. The molecule has 1 aliphatic carbocycles. The first-order valence-electron chi connectivity index (χ1n) is 10.00. The highest BCUT2D eigenvalue weighted by atomic mass is 32.2. The molecule has 0 amide bonds. The fraction of sp³-hybridized carbons (Fsp3) is 0.0870. The molecule has 3 aromatic carbocycles. The van der Waals surface area contributed by atoms with Crippen LogP contribution in [0.2, 0.25) is 0 Å². The van der Waals surface area contributed by atoms with Crippen molar-refractivity contribution in [2.24, 2.45) is 0 Å². The van der Waals surface area contributed by atoms with Gasteiger partial charge < -0.3 is 11.1 Å². The number of sulfonamides is 1. The third kappa shape index (κ3) is 3.87. The number of benzene rings is 3. The highest BCUT2D eigenvalue weighted by Crippen LogP contribution is 2.41. The molecule has 4 rings (SSSR count). The molecular weight excluding hydrogens is 501 g/mol. The Bertz CT molecular complexity index is 1610. The first kappa shape index (κ1) is 24.9. The van der Waals surface area contributed by atoms with Gasteiger partial charge in [-0.25, -0.2) is 8.42 Å². The van der Waals surface area contributed by atoms with E-state index >= 15 is 0 Å². The zero-order valence-corrected chi connectivity index (χ0v) is 19.0. The zero-order valence-electron chi connectivity index (χ0n) is 18.2. The fourth-order valence-electron chi connectivity index (χ4n) is 3.86. The van der Waals surface area contributed by atoms with Crippen LogP contribution >= 0.6 is 0 Å². The number of carbonyl (C=O) groups is 2. The van der Waals surface area contributed by atoms with E-state index in [0.717, 1.165) is 25.2 Å². The molecule has 1 aliphatic rings. The Balaban J connectivity index is 2.02. The van der Waals surface area contributed by atoms with Crippen LogP contribution < -0.4 is 11.1 Å². The van der Waals surface area contributed by atoms with Crippen LogP contribution in [0.3, 0.4) is 0 Å². The molecule has 0 aromatic heterocycles. The van der Waals surface area contributed by atoms with Crippen LogP contribution in [0.5, 0.6) is 0 Å². The number of anilines is 3. The topological polar surface area (TPSA) is 154 Å². The number of halogens is 3. The summed E-state index contributed by atoms with van der Waals surface area (Å²) in [7, 11) is -3.89. The molecule has 0 spiro atoms. The number of nitrogens with two attached hydrogens (primary N) is 1. The van der Waals surface area contributed by atoms with Crippen LogP contribution in [0, 0.1) is 11.3 Å². The number of nitrogens with zero attached hydrogens (tertiary/aromatic N) is 2. The number of fused-ring (bicyclic) bond motifs is 2. The molecule has 0 atom stereocenters. The Morgan fingerprint density at radius 2 is 1.61 bits per heavy atom. The molecule has 0 saturated carbocycles. The molecule has 9 nitrogen and oxygen atoms in total. The monoisotopic (exact) mass is 516 g/mol. The minimum absolute atomic E-state index is 0.0110. The van der Waals surface area contributed by atoms with E-state index in [9.17, 15) is 36.4 Å². The Morgan fingerprint density at radius 3 is 2.14 bits per heavy atom. The number of ketones is 2. The van der Waals surface area contributed by atoms with Gasteiger partial charge in [0, 0.05) is 23.9 Å². The lowest BCUT2D eigenvalue weighted by Crippen LogP contribution is -2.28. The number of nitrogens with one attached hydrogen (secondary N) is 1. The number of hydrogen-bond acceptors (Lipinski definition) is 8. The minimum Gasteiger partial charge on any atom is -0.397 e. The van der Waals surface area contributed by atoms with Gasteiger partial charge in [-0.3, -0.25) is 14.8 Å². The van der Waals surface area contributed by atoms with Gasteiger partial charge in [-0.15, -0.1) is 0 Å². The number of nitrogen functional groups attached to an aromatic ring is 1. The largest absolute Gasteiger partial charge is 0.417 e. The number of nitriles is 1. The lowest BCUT2D eigenvalue weighted by atomic mass is 9.82. The maximum Gasteiger partial charge on any atom is 0.417 e. The fourth-order valence-corrected chi connectivity index (χ4v) is 4.79. The molecule has 4 N–H and O–H groups in total. The highest BCUT2D eigenvalue weighted by Gasteiger charge is 2.38. The van der Waals surface area contributed by atoms with Crippen molar-refractivity contribution in [3.05, 3.63) is 81.9 Å². The minimum atomic E-state index is -4.89. The summed E-state index contributed by atoms with van der Waals surface area (Å²) in [6, 6.07) is 10.6. The van der Waals surface area contributed by atoms with E-state index in [1.54, 1.807) is 0 Å². The second-order valence-corrected chi connectivity index (χ2v) is 9.64. The lowest BCUT2D eigenvalue weighted by molar-refractivity contribution is -0.137. The van der Waals surface area contributed by atoms with Gasteiger partial charge in [-0.1, -0.05) is 28.7 Å². The molecule has 0 bridgehead atoms. The van der Waals surface area contributed by atoms with Gasteiger partial charge in [-0.05, 0) is 24.3 Å². The Kier molecular flexibility index (Phi) is 5.84. The van der Waals surface area contributed by atoms with Gasteiger partial charge in [0.15, 0.2) is 11.6 Å². The Morgan fingerprint density at radius 1 is 1.03 bits per heavy atom. The normalized spacial score (nSPS) is 13.2. The molecule has 0 radical (unpaired) electrons. The van der Waals surface area contributed by atoms with E-state index in [-0.39, 0.29) is 32.5 Å². The molecule has 0 heterocycles. The summed E-state index contributed by atoms with van der Waals surface area (Å²) in [5.74, 6) is -1.51. The van der Waals surface area contributed by atoms with E-state index in [4.69, 9.17) is 11.0 Å². The predicted octanol–water partition coefficient (Wildman–Crippen LogP) is 3.69. The molecule has 13 heteroatoms. The van der Waals surface area contributed by atoms with Gasteiger partial charge in [0.05, 0.1) is 39.7 Å². The van der Waals surface area contributed by atoms with Crippen LogP contribution in [0.4, 0.5) is 30.2 Å². The average Bonchev–Trinajstić information content (AvgIpc) is 2.82. The number of hydrogen-bond donors (Lipinski definition) is 3. The van der Waals surface area contributed by atoms with Gasteiger partial charge in [0.2, 0.25) is 0 Å². The lowest BCUT2D eigenvalue weighted by Gasteiger charge is -2.25. The molecule has 0 saturated heterocycles. The van der Waals surface area contributed by atoms with Crippen molar-refractivity contribution >= 4 is 38.7 Å². The van der Waals surface area contributed by atoms with E-state index in [1.165, 1.54) is 30.3 Å². The van der Waals surface area contributed by atoms with Gasteiger partial charge in [0.1, 0.15) is 4.90 Å². The van der Waals surface area contributed by atoms with Crippen molar-refractivity contribution in [2.45, 2.75) is 11.1 Å². The summed E-state index contributed by atoms with van der Waals surface area (Å²) in [4.78, 5) is 25.9. The van der Waals surface area contributed by atoms with Crippen molar-refractivity contribution in [1.82, 2.24) is 4.47 Å². The van der Waals surface area contributed by atoms with Gasteiger partial charge in [0.25, 0.3) is 10.0 Å². The average molecular weight is 516 g/mol. The van der Waals surface area contributed by atoms with Crippen LogP contribution in [0.1, 0.15) is 43.0 Å². The third-order valence-electron chi connectivity index (χ3n) is 5.55. The molecule has 0 aliphatic heterocycles. The zero-order chi connectivity index (χ0) is 26.6. The Labute approximate surface area is 202 Å². The van der Waals surface area contributed by atoms with Crippen molar-refractivity contribution in [3.63, 3.8) is 0 Å². The van der Waals surface area contributed by atoms with E-state index in [2.05, 4.69) is 5.32 Å². The van der Waals surface area contributed by atoms with Crippen LogP contribution in [-0.4, -0.2) is 36.7 Å². The van der Waals surface area contributed by atoms with Crippen molar-refractivity contribution in [1.29, 1.82) is 5.26 Å². The second kappa shape index (κ2) is 8.45. The van der Waals surface area contributed by atoms with E-state index < -0.39 is 55.0 Å². The summed E-state index contributed by atoms with van der Waals surface area (Å²) in [5, 5.41) is 21.2. The molecule has 0 fully saturated rings. The van der Waals surface area contributed by atoms with Gasteiger partial charge in [-0.2, -0.15) is 18.4 Å². The number of hydroxylamine groups is 1. The molecular formula is C23H15F3N4O5S. The number of rotatable bonds is 4. The number of alkyl halides is 3. The van der Waals surface area contributed by atoms with Gasteiger partial charge >= 0.3 is 6.18 Å². The summed E-state index contributed by atoms with van der Waals surface area (Å²) in [6.07, 6.45) is -4.89. The van der Waals surface area contributed by atoms with E-state index in [0.29, 0.717) is 6.07 Å². The van der Waals surface area contributed by atoms with Crippen molar-refractivity contribution < 1.29 is 36.4 Å². The first-order valence-corrected chi connectivity index (χ1v) is 11.4.